The molecule has 64 valence electrons. The fraction of sp³-hybridized carbons (Fsp3) is 0.125. The molecule has 0 saturated carbocycles. The van der Waals surface area contributed by atoms with Crippen LogP contribution in [0.3, 0.4) is 0 Å². The number of hydrogen-bond acceptors (Lipinski definition) is 4. The Morgan fingerprint density at radius 1 is 1.33 bits per heavy atom. The average Bonchev–Trinajstić information content (AvgIpc) is 2.15. The molecule has 0 heterocycles. The van der Waals surface area contributed by atoms with Crippen molar-refractivity contribution in [2.75, 3.05) is 12.6 Å². The fourth-order valence-corrected chi connectivity index (χ4v) is 0.751. The van der Waals surface area contributed by atoms with Crippen molar-refractivity contribution in [3.8, 4) is 5.75 Å². The summed E-state index contributed by atoms with van der Waals surface area (Å²) in [6, 6.07) is 7.00. The van der Waals surface area contributed by atoms with Gasteiger partial charge in [0.25, 0.3) is 0 Å². The highest BCUT2D eigenvalue weighted by Gasteiger charge is 1.91. The monoisotopic (exact) mass is 167 g/mol. The Bertz CT molecular complexity index is 245. The van der Waals surface area contributed by atoms with Crippen LogP contribution in [0.15, 0.2) is 24.3 Å². The second kappa shape index (κ2) is 4.23. The van der Waals surface area contributed by atoms with E-state index in [-0.39, 0.29) is 0 Å². The molecule has 0 amide bonds. The van der Waals surface area contributed by atoms with Crippen LogP contribution in [0.5, 0.6) is 5.75 Å². The topological polar surface area (TPSA) is 47.6 Å². The van der Waals surface area contributed by atoms with Crippen molar-refractivity contribution >= 4 is 12.2 Å². The number of carbonyl (C=O) groups excluding carboxylic acids is 1. The molecule has 1 N–H and O–H groups in total. The van der Waals surface area contributed by atoms with Crippen molar-refractivity contribution in [2.24, 2.45) is 0 Å². The number of hydrogen-bond donors (Lipinski definition) is 1. The van der Waals surface area contributed by atoms with Gasteiger partial charge in [0.05, 0.1) is 12.8 Å². The van der Waals surface area contributed by atoms with E-state index < -0.39 is 0 Å². The van der Waals surface area contributed by atoms with E-state index in [1.807, 2.05) is 0 Å². The first-order valence-electron chi connectivity index (χ1n) is 3.36. The van der Waals surface area contributed by atoms with Crippen molar-refractivity contribution in [1.82, 2.24) is 0 Å². The Hall–Kier alpha value is -1.71. The minimum absolute atomic E-state index is 0.324. The first-order valence-corrected chi connectivity index (χ1v) is 3.36. The molecule has 0 spiro atoms. The quantitative estimate of drug-likeness (QED) is 0.540. The molecule has 1 rings (SSSR count). The first-order chi connectivity index (χ1) is 5.86. The Balaban J connectivity index is 2.58. The molecular weight excluding hydrogens is 158 g/mol. The van der Waals surface area contributed by atoms with Crippen LogP contribution in [0.25, 0.3) is 0 Å². The molecule has 0 atom stereocenters. The van der Waals surface area contributed by atoms with E-state index in [0.717, 1.165) is 5.75 Å². The normalized spacial score (nSPS) is 8.75. The van der Waals surface area contributed by atoms with Crippen molar-refractivity contribution < 1.29 is 14.4 Å². The lowest BCUT2D eigenvalue weighted by Crippen LogP contribution is -1.97. The van der Waals surface area contributed by atoms with Crippen molar-refractivity contribution in [1.29, 1.82) is 0 Å². The van der Waals surface area contributed by atoms with Crippen LogP contribution in [0.2, 0.25) is 0 Å². The largest absolute Gasteiger partial charge is 0.497 e. The molecule has 0 aliphatic rings. The third kappa shape index (κ3) is 2.16. The van der Waals surface area contributed by atoms with Gasteiger partial charge < -0.3 is 9.57 Å². The van der Waals surface area contributed by atoms with Crippen LogP contribution in [0.1, 0.15) is 0 Å². The van der Waals surface area contributed by atoms with Gasteiger partial charge in [0, 0.05) is 0 Å². The molecule has 12 heavy (non-hydrogen) atoms. The smallest absolute Gasteiger partial charge is 0.320 e. The molecule has 0 aliphatic heterocycles. The summed E-state index contributed by atoms with van der Waals surface area (Å²) in [5, 5.41) is 0. The number of anilines is 1. The lowest BCUT2D eigenvalue weighted by molar-refractivity contribution is -0.126. The molecule has 4 nitrogen and oxygen atoms in total. The van der Waals surface area contributed by atoms with E-state index in [1.165, 1.54) is 0 Å². The van der Waals surface area contributed by atoms with Crippen LogP contribution in [0, 0.1) is 0 Å². The maximum absolute atomic E-state index is 9.79. The molecule has 4 heteroatoms. The Morgan fingerprint density at radius 3 is 2.50 bits per heavy atom. The number of rotatable bonds is 4. The SMILES string of the molecule is COc1ccc(NOC=O)cc1. The van der Waals surface area contributed by atoms with E-state index in [1.54, 1.807) is 31.4 Å². The first kappa shape index (κ1) is 8.39. The highest BCUT2D eigenvalue weighted by molar-refractivity contribution is 5.47. The molecule has 0 fully saturated rings. The Labute approximate surface area is 70.1 Å². The maximum Gasteiger partial charge on any atom is 0.320 e. The van der Waals surface area contributed by atoms with Gasteiger partial charge in [0.1, 0.15) is 5.75 Å². The zero-order valence-corrected chi connectivity index (χ0v) is 6.61. The predicted molar refractivity (Wildman–Crippen MR) is 43.8 cm³/mol. The van der Waals surface area contributed by atoms with E-state index in [2.05, 4.69) is 10.3 Å². The highest BCUT2D eigenvalue weighted by atomic mass is 16.7. The fourth-order valence-electron chi connectivity index (χ4n) is 0.751. The molecule has 0 saturated heterocycles. The Kier molecular flexibility index (Phi) is 2.95. The van der Waals surface area contributed by atoms with Gasteiger partial charge in [-0.25, -0.2) is 5.48 Å². The molecule has 0 aromatic heterocycles. The van der Waals surface area contributed by atoms with Gasteiger partial charge in [-0.15, -0.1) is 0 Å². The minimum atomic E-state index is 0.324. The highest BCUT2D eigenvalue weighted by Crippen LogP contribution is 2.14. The van der Waals surface area contributed by atoms with Gasteiger partial charge in [-0.05, 0) is 24.3 Å². The van der Waals surface area contributed by atoms with E-state index in [9.17, 15) is 4.79 Å². The second-order valence-electron chi connectivity index (χ2n) is 2.04. The number of ether oxygens (including phenoxy) is 1. The molecule has 0 radical (unpaired) electrons. The van der Waals surface area contributed by atoms with Gasteiger partial charge in [-0.1, -0.05) is 0 Å². The summed E-state index contributed by atoms with van der Waals surface area (Å²) in [6.45, 7) is 0.324. The number of nitrogens with one attached hydrogen (secondary N) is 1. The molecule has 0 aliphatic carbocycles. The number of benzene rings is 1. The number of carbonyl (C=O) groups is 1. The lowest BCUT2D eigenvalue weighted by atomic mass is 10.3. The summed E-state index contributed by atoms with van der Waals surface area (Å²) < 4.78 is 4.94. The minimum Gasteiger partial charge on any atom is -0.497 e. The van der Waals surface area contributed by atoms with Crippen LogP contribution in [-0.2, 0) is 9.63 Å². The third-order valence-corrected chi connectivity index (χ3v) is 1.31. The van der Waals surface area contributed by atoms with E-state index in [0.29, 0.717) is 12.2 Å². The van der Waals surface area contributed by atoms with Gasteiger partial charge in [-0.3, -0.25) is 4.79 Å². The summed E-state index contributed by atoms with van der Waals surface area (Å²) >= 11 is 0. The summed E-state index contributed by atoms with van der Waals surface area (Å²) in [5.41, 5.74) is 3.12. The van der Waals surface area contributed by atoms with Gasteiger partial charge in [0.15, 0.2) is 0 Å². The summed E-state index contributed by atoms with van der Waals surface area (Å²) in [6.07, 6.45) is 0. The van der Waals surface area contributed by atoms with Gasteiger partial charge >= 0.3 is 6.47 Å². The Morgan fingerprint density at radius 2 is 2.00 bits per heavy atom. The van der Waals surface area contributed by atoms with Crippen LogP contribution in [0.4, 0.5) is 5.69 Å². The summed E-state index contributed by atoms with van der Waals surface area (Å²) in [4.78, 5) is 14.1. The second-order valence-corrected chi connectivity index (χ2v) is 2.04. The number of methoxy groups -OCH3 is 1. The van der Waals surface area contributed by atoms with E-state index >= 15 is 0 Å². The molecule has 0 bridgehead atoms. The van der Waals surface area contributed by atoms with Crippen LogP contribution >= 0.6 is 0 Å². The average molecular weight is 167 g/mol. The molecule has 1 aromatic carbocycles. The maximum atomic E-state index is 9.79. The zero-order chi connectivity index (χ0) is 8.81. The van der Waals surface area contributed by atoms with Crippen LogP contribution in [-0.4, -0.2) is 13.6 Å². The molecular formula is C8H9NO3. The van der Waals surface area contributed by atoms with Gasteiger partial charge in [-0.2, -0.15) is 0 Å². The molecule has 1 aromatic rings. The lowest BCUT2D eigenvalue weighted by Gasteiger charge is -2.03. The van der Waals surface area contributed by atoms with Crippen molar-refractivity contribution in [3.05, 3.63) is 24.3 Å². The zero-order valence-electron chi connectivity index (χ0n) is 6.61. The van der Waals surface area contributed by atoms with Crippen LogP contribution < -0.4 is 10.2 Å². The van der Waals surface area contributed by atoms with E-state index in [4.69, 9.17) is 4.74 Å². The standard InChI is InChI=1S/C8H9NO3/c1-11-8-4-2-7(3-5-8)9-12-6-10/h2-6,9H,1H3. The predicted octanol–water partition coefficient (Wildman–Crippen LogP) is 1.20. The third-order valence-electron chi connectivity index (χ3n) is 1.31. The van der Waals surface area contributed by atoms with Crippen molar-refractivity contribution in [3.63, 3.8) is 0 Å². The summed E-state index contributed by atoms with van der Waals surface area (Å²) in [5.74, 6) is 0.756. The molecule has 0 unspecified atom stereocenters. The summed E-state index contributed by atoms with van der Waals surface area (Å²) in [7, 11) is 1.59. The van der Waals surface area contributed by atoms with Gasteiger partial charge in [0.2, 0.25) is 0 Å². The van der Waals surface area contributed by atoms with Crippen molar-refractivity contribution in [2.45, 2.75) is 0 Å².